The van der Waals surface area contributed by atoms with Crippen molar-refractivity contribution in [3.8, 4) is 0 Å². The fraction of sp³-hybridized carbons (Fsp3) is 1.00. The summed E-state index contributed by atoms with van der Waals surface area (Å²) in [7, 11) is 0. The largest absolute Gasteiger partial charge is 0.377 e. The zero-order valence-corrected chi connectivity index (χ0v) is 8.12. The van der Waals surface area contributed by atoms with Crippen molar-refractivity contribution in [3.05, 3.63) is 0 Å². The second kappa shape index (κ2) is 5.81. The number of hydrogen-bond donors (Lipinski definition) is 1. The highest BCUT2D eigenvalue weighted by Crippen LogP contribution is 2.04. The third kappa shape index (κ3) is 4.62. The molecule has 0 aromatic carbocycles. The van der Waals surface area contributed by atoms with Gasteiger partial charge in [0.05, 0.1) is 6.10 Å². The van der Waals surface area contributed by atoms with Gasteiger partial charge in [-0.15, -0.1) is 12.4 Å². The van der Waals surface area contributed by atoms with Gasteiger partial charge in [-0.25, -0.2) is 0 Å². The quantitative estimate of drug-likeness (QED) is 0.708. The van der Waals surface area contributed by atoms with E-state index in [0.717, 1.165) is 19.7 Å². The summed E-state index contributed by atoms with van der Waals surface area (Å²) in [4.78, 5) is 0. The van der Waals surface area contributed by atoms with Crippen LogP contribution in [0.5, 0.6) is 0 Å². The molecule has 1 N–H and O–H groups in total. The first-order valence-corrected chi connectivity index (χ1v) is 4.11. The van der Waals surface area contributed by atoms with E-state index in [9.17, 15) is 0 Å². The highest BCUT2D eigenvalue weighted by molar-refractivity contribution is 5.85. The SMILES string of the molecule is CC(C)CO[C@H]1CCNC1.Cl. The van der Waals surface area contributed by atoms with Gasteiger partial charge in [-0.05, 0) is 18.9 Å². The van der Waals surface area contributed by atoms with Crippen molar-refractivity contribution in [1.82, 2.24) is 5.32 Å². The van der Waals surface area contributed by atoms with Crippen LogP contribution in [0.2, 0.25) is 0 Å². The molecule has 1 fully saturated rings. The summed E-state index contributed by atoms with van der Waals surface area (Å²) in [5.41, 5.74) is 0. The Bertz CT molecular complexity index is 92.1. The Labute approximate surface area is 75.1 Å². The molecule has 1 heterocycles. The molecule has 0 aromatic heterocycles. The van der Waals surface area contributed by atoms with Crippen LogP contribution < -0.4 is 5.32 Å². The van der Waals surface area contributed by atoms with E-state index >= 15 is 0 Å². The van der Waals surface area contributed by atoms with Gasteiger partial charge in [0, 0.05) is 13.2 Å². The minimum Gasteiger partial charge on any atom is -0.377 e. The first kappa shape index (κ1) is 11.2. The Morgan fingerprint density at radius 3 is 2.73 bits per heavy atom. The second-order valence-corrected chi connectivity index (χ2v) is 3.34. The molecule has 0 spiro atoms. The number of rotatable bonds is 3. The number of nitrogens with one attached hydrogen (secondary N) is 1. The zero-order valence-electron chi connectivity index (χ0n) is 7.30. The first-order chi connectivity index (χ1) is 4.79. The van der Waals surface area contributed by atoms with Gasteiger partial charge in [0.1, 0.15) is 0 Å². The second-order valence-electron chi connectivity index (χ2n) is 3.34. The minimum absolute atomic E-state index is 0. The van der Waals surface area contributed by atoms with Crippen molar-refractivity contribution in [2.45, 2.75) is 26.4 Å². The molecule has 0 aromatic rings. The van der Waals surface area contributed by atoms with Gasteiger partial charge < -0.3 is 10.1 Å². The van der Waals surface area contributed by atoms with Gasteiger partial charge in [0.15, 0.2) is 0 Å². The molecular formula is C8H18ClNO. The summed E-state index contributed by atoms with van der Waals surface area (Å²) < 4.78 is 5.60. The standard InChI is InChI=1S/C8H17NO.ClH/c1-7(2)6-10-8-3-4-9-5-8;/h7-9H,3-6H2,1-2H3;1H/t8-;/m0./s1. The van der Waals surface area contributed by atoms with E-state index < -0.39 is 0 Å². The minimum atomic E-state index is 0. The van der Waals surface area contributed by atoms with Crippen molar-refractivity contribution >= 4 is 12.4 Å². The van der Waals surface area contributed by atoms with Crippen LogP contribution >= 0.6 is 12.4 Å². The van der Waals surface area contributed by atoms with Crippen LogP contribution in [0, 0.1) is 5.92 Å². The molecule has 0 unspecified atom stereocenters. The smallest absolute Gasteiger partial charge is 0.0711 e. The van der Waals surface area contributed by atoms with Gasteiger partial charge in [-0.1, -0.05) is 13.8 Å². The molecule has 68 valence electrons. The summed E-state index contributed by atoms with van der Waals surface area (Å²) in [5, 5.41) is 3.27. The van der Waals surface area contributed by atoms with Crippen LogP contribution in [0.3, 0.4) is 0 Å². The molecular weight excluding hydrogens is 162 g/mol. The molecule has 1 aliphatic rings. The normalized spacial score (nSPS) is 23.7. The van der Waals surface area contributed by atoms with Crippen LogP contribution in [-0.4, -0.2) is 25.8 Å². The zero-order chi connectivity index (χ0) is 7.40. The van der Waals surface area contributed by atoms with E-state index in [4.69, 9.17) is 4.74 Å². The predicted molar refractivity (Wildman–Crippen MR) is 49.3 cm³/mol. The molecule has 0 aliphatic carbocycles. The molecule has 0 saturated carbocycles. The third-order valence-electron chi connectivity index (χ3n) is 1.68. The average Bonchev–Trinajstić information content (AvgIpc) is 2.34. The van der Waals surface area contributed by atoms with Crippen LogP contribution in [-0.2, 0) is 4.74 Å². The molecule has 1 rings (SSSR count). The molecule has 0 amide bonds. The van der Waals surface area contributed by atoms with Gasteiger partial charge in [0.2, 0.25) is 0 Å². The Balaban J connectivity index is 0.000001000. The number of hydrogen-bond acceptors (Lipinski definition) is 2. The maximum atomic E-state index is 5.60. The molecule has 11 heavy (non-hydrogen) atoms. The molecule has 1 saturated heterocycles. The van der Waals surface area contributed by atoms with E-state index in [1.165, 1.54) is 6.42 Å². The first-order valence-electron chi connectivity index (χ1n) is 4.11. The van der Waals surface area contributed by atoms with Crippen molar-refractivity contribution in [1.29, 1.82) is 0 Å². The van der Waals surface area contributed by atoms with E-state index in [1.807, 2.05) is 0 Å². The lowest BCUT2D eigenvalue weighted by Gasteiger charge is -2.11. The average molecular weight is 180 g/mol. The summed E-state index contributed by atoms with van der Waals surface area (Å²) in [6.07, 6.45) is 1.68. The van der Waals surface area contributed by atoms with Gasteiger partial charge in [-0.3, -0.25) is 0 Å². The van der Waals surface area contributed by atoms with Crippen molar-refractivity contribution in [3.63, 3.8) is 0 Å². The molecule has 0 radical (unpaired) electrons. The highest BCUT2D eigenvalue weighted by Gasteiger charge is 2.14. The monoisotopic (exact) mass is 179 g/mol. The molecule has 1 atom stereocenters. The van der Waals surface area contributed by atoms with Crippen LogP contribution in [0.15, 0.2) is 0 Å². The van der Waals surface area contributed by atoms with Gasteiger partial charge in [0.25, 0.3) is 0 Å². The summed E-state index contributed by atoms with van der Waals surface area (Å²) in [5.74, 6) is 0.667. The lowest BCUT2D eigenvalue weighted by molar-refractivity contribution is 0.0486. The number of halogens is 1. The van der Waals surface area contributed by atoms with E-state index in [-0.39, 0.29) is 12.4 Å². The Hall–Kier alpha value is 0.210. The molecule has 2 nitrogen and oxygen atoms in total. The summed E-state index contributed by atoms with van der Waals surface area (Å²) in [6, 6.07) is 0. The van der Waals surface area contributed by atoms with Crippen molar-refractivity contribution < 1.29 is 4.74 Å². The third-order valence-corrected chi connectivity index (χ3v) is 1.68. The van der Waals surface area contributed by atoms with Crippen molar-refractivity contribution in [2.75, 3.05) is 19.7 Å². The van der Waals surface area contributed by atoms with E-state index in [1.54, 1.807) is 0 Å². The fourth-order valence-electron chi connectivity index (χ4n) is 1.10. The topological polar surface area (TPSA) is 21.3 Å². The van der Waals surface area contributed by atoms with E-state index in [2.05, 4.69) is 19.2 Å². The maximum absolute atomic E-state index is 5.60. The Morgan fingerprint density at radius 2 is 2.27 bits per heavy atom. The van der Waals surface area contributed by atoms with Crippen molar-refractivity contribution in [2.24, 2.45) is 5.92 Å². The molecule has 1 aliphatic heterocycles. The van der Waals surface area contributed by atoms with Crippen LogP contribution in [0.1, 0.15) is 20.3 Å². The highest BCUT2D eigenvalue weighted by atomic mass is 35.5. The number of ether oxygens (including phenoxy) is 1. The van der Waals surface area contributed by atoms with Crippen LogP contribution in [0.4, 0.5) is 0 Å². The predicted octanol–water partition coefficient (Wildman–Crippen LogP) is 1.44. The van der Waals surface area contributed by atoms with E-state index in [0.29, 0.717) is 12.0 Å². The Kier molecular flexibility index (Phi) is 5.92. The summed E-state index contributed by atoms with van der Waals surface area (Å²) in [6.45, 7) is 7.45. The molecule has 0 bridgehead atoms. The van der Waals surface area contributed by atoms with Gasteiger partial charge >= 0.3 is 0 Å². The lowest BCUT2D eigenvalue weighted by atomic mass is 10.2. The molecule has 3 heteroatoms. The summed E-state index contributed by atoms with van der Waals surface area (Å²) >= 11 is 0. The van der Waals surface area contributed by atoms with Gasteiger partial charge in [-0.2, -0.15) is 0 Å². The maximum Gasteiger partial charge on any atom is 0.0711 e. The van der Waals surface area contributed by atoms with Crippen LogP contribution in [0.25, 0.3) is 0 Å². The lowest BCUT2D eigenvalue weighted by Crippen LogP contribution is -2.18. The Morgan fingerprint density at radius 1 is 1.55 bits per heavy atom. The fourth-order valence-corrected chi connectivity index (χ4v) is 1.10.